The molecule has 0 bridgehead atoms. The van der Waals surface area contributed by atoms with Gasteiger partial charge in [0.25, 0.3) is 0 Å². The molecule has 18 heavy (non-hydrogen) atoms. The smallest absolute Gasteiger partial charge is 0.345 e. The number of hydrogen-bond donors (Lipinski definition) is 3. The van der Waals surface area contributed by atoms with Crippen LogP contribution >= 0.6 is 11.3 Å². The van der Waals surface area contributed by atoms with Crippen molar-refractivity contribution in [2.75, 3.05) is 19.6 Å². The van der Waals surface area contributed by atoms with Gasteiger partial charge < -0.3 is 10.4 Å². The molecular formula is C10H16N2O4S2. The van der Waals surface area contributed by atoms with Crippen LogP contribution in [-0.4, -0.2) is 39.1 Å². The Kier molecular flexibility index (Phi) is 5.73. The van der Waals surface area contributed by atoms with Crippen molar-refractivity contribution in [3.05, 3.63) is 16.3 Å². The maximum Gasteiger partial charge on any atom is 0.345 e. The summed E-state index contributed by atoms with van der Waals surface area (Å²) < 4.78 is 26.0. The molecule has 1 rings (SSSR count). The maximum atomic E-state index is 11.8. The summed E-state index contributed by atoms with van der Waals surface area (Å²) in [6.45, 7) is 3.89. The Hall–Kier alpha value is -0.960. The molecule has 0 radical (unpaired) electrons. The van der Waals surface area contributed by atoms with Crippen LogP contribution in [0.2, 0.25) is 0 Å². The van der Waals surface area contributed by atoms with Gasteiger partial charge in [-0.15, -0.1) is 11.3 Å². The summed E-state index contributed by atoms with van der Waals surface area (Å²) in [6, 6.07) is 1.17. The molecule has 0 saturated heterocycles. The SMILES string of the molecule is CCNCCCNS(=O)(=O)c1csc(C(=O)O)c1. The normalized spacial score (nSPS) is 11.6. The highest BCUT2D eigenvalue weighted by Crippen LogP contribution is 2.18. The molecule has 0 atom stereocenters. The van der Waals surface area contributed by atoms with Crippen LogP contribution in [0.15, 0.2) is 16.3 Å². The third kappa shape index (κ3) is 4.37. The van der Waals surface area contributed by atoms with Gasteiger partial charge in [-0.1, -0.05) is 6.92 Å². The lowest BCUT2D eigenvalue weighted by Gasteiger charge is -2.05. The van der Waals surface area contributed by atoms with Gasteiger partial charge in [0.2, 0.25) is 10.0 Å². The van der Waals surface area contributed by atoms with E-state index in [9.17, 15) is 13.2 Å². The van der Waals surface area contributed by atoms with Crippen molar-refractivity contribution < 1.29 is 18.3 Å². The number of sulfonamides is 1. The molecular weight excluding hydrogens is 276 g/mol. The van der Waals surface area contributed by atoms with Crippen LogP contribution in [0.4, 0.5) is 0 Å². The minimum absolute atomic E-state index is 0.00773. The van der Waals surface area contributed by atoms with Gasteiger partial charge in [-0.05, 0) is 25.6 Å². The average molecular weight is 292 g/mol. The number of thiophene rings is 1. The standard InChI is InChI=1S/C10H16N2O4S2/c1-2-11-4-3-5-12-18(15,16)8-6-9(10(13)14)17-7-8/h6-7,11-12H,2-5H2,1H3,(H,13,14). The Bertz CT molecular complexity index is 496. The molecule has 1 aromatic rings. The summed E-state index contributed by atoms with van der Waals surface area (Å²) in [6.07, 6.45) is 0.684. The van der Waals surface area contributed by atoms with Gasteiger partial charge in [-0.3, -0.25) is 0 Å². The number of aromatic carboxylic acids is 1. The molecule has 1 heterocycles. The zero-order valence-electron chi connectivity index (χ0n) is 9.97. The van der Waals surface area contributed by atoms with E-state index in [-0.39, 0.29) is 9.77 Å². The molecule has 0 unspecified atom stereocenters. The van der Waals surface area contributed by atoms with Crippen molar-refractivity contribution in [2.24, 2.45) is 0 Å². The highest BCUT2D eigenvalue weighted by atomic mass is 32.2. The van der Waals surface area contributed by atoms with E-state index in [4.69, 9.17) is 5.11 Å². The molecule has 1 aromatic heterocycles. The van der Waals surface area contributed by atoms with Crippen molar-refractivity contribution in [3.63, 3.8) is 0 Å². The summed E-state index contributed by atoms with van der Waals surface area (Å²) in [5.74, 6) is -1.12. The van der Waals surface area contributed by atoms with Crippen LogP contribution in [0, 0.1) is 0 Å². The molecule has 3 N–H and O–H groups in total. The third-order valence-corrected chi connectivity index (χ3v) is 4.68. The number of carbonyl (C=O) groups is 1. The summed E-state index contributed by atoms with van der Waals surface area (Å²) >= 11 is 0.901. The Morgan fingerprint density at radius 1 is 1.44 bits per heavy atom. The monoisotopic (exact) mass is 292 g/mol. The van der Waals surface area contributed by atoms with E-state index in [1.54, 1.807) is 0 Å². The molecule has 0 amide bonds. The van der Waals surface area contributed by atoms with Gasteiger partial charge >= 0.3 is 5.97 Å². The molecule has 0 aliphatic rings. The zero-order valence-corrected chi connectivity index (χ0v) is 11.6. The van der Waals surface area contributed by atoms with Crippen LogP contribution in [0.1, 0.15) is 23.0 Å². The Balaban J connectivity index is 2.54. The van der Waals surface area contributed by atoms with Gasteiger partial charge in [0.1, 0.15) is 4.88 Å². The molecule has 6 nitrogen and oxygen atoms in total. The van der Waals surface area contributed by atoms with Crippen LogP contribution in [0.3, 0.4) is 0 Å². The van der Waals surface area contributed by atoms with E-state index < -0.39 is 16.0 Å². The predicted octanol–water partition coefficient (Wildman–Crippen LogP) is 0.724. The third-order valence-electron chi connectivity index (χ3n) is 2.17. The fourth-order valence-electron chi connectivity index (χ4n) is 1.25. The lowest BCUT2D eigenvalue weighted by Crippen LogP contribution is -2.27. The highest BCUT2D eigenvalue weighted by Gasteiger charge is 2.17. The van der Waals surface area contributed by atoms with E-state index in [1.165, 1.54) is 11.4 Å². The van der Waals surface area contributed by atoms with E-state index in [0.717, 1.165) is 24.4 Å². The maximum absolute atomic E-state index is 11.8. The summed E-state index contributed by atoms with van der Waals surface area (Å²) in [4.78, 5) is 10.7. The molecule has 8 heteroatoms. The first-order valence-corrected chi connectivity index (χ1v) is 7.86. The second kappa shape index (κ2) is 6.83. The lowest BCUT2D eigenvalue weighted by molar-refractivity contribution is 0.0702. The number of nitrogens with one attached hydrogen (secondary N) is 2. The summed E-state index contributed by atoms with van der Waals surface area (Å²) in [5, 5.41) is 13.1. The van der Waals surface area contributed by atoms with Crippen LogP contribution in [0.25, 0.3) is 0 Å². The second-order valence-corrected chi connectivity index (χ2v) is 6.23. The molecule has 0 spiro atoms. The Labute approximate surface area is 110 Å². The molecule has 0 aromatic carbocycles. The van der Waals surface area contributed by atoms with Gasteiger partial charge in [-0.2, -0.15) is 0 Å². The first-order valence-electron chi connectivity index (χ1n) is 5.49. The van der Waals surface area contributed by atoms with E-state index >= 15 is 0 Å². The van der Waals surface area contributed by atoms with E-state index in [0.29, 0.717) is 13.0 Å². The largest absolute Gasteiger partial charge is 0.477 e. The molecule has 102 valence electrons. The molecule has 0 aliphatic carbocycles. The van der Waals surface area contributed by atoms with Crippen molar-refractivity contribution >= 4 is 27.3 Å². The fraction of sp³-hybridized carbons (Fsp3) is 0.500. The predicted molar refractivity (Wildman–Crippen MR) is 69.6 cm³/mol. The van der Waals surface area contributed by atoms with Crippen molar-refractivity contribution in [3.8, 4) is 0 Å². The second-order valence-electron chi connectivity index (χ2n) is 3.56. The van der Waals surface area contributed by atoms with Gasteiger partial charge in [0, 0.05) is 11.9 Å². The minimum atomic E-state index is -3.59. The van der Waals surface area contributed by atoms with Crippen LogP contribution < -0.4 is 10.0 Å². The van der Waals surface area contributed by atoms with E-state index in [1.807, 2.05) is 6.92 Å². The number of hydrogen-bond acceptors (Lipinski definition) is 5. The van der Waals surface area contributed by atoms with Crippen molar-refractivity contribution in [2.45, 2.75) is 18.2 Å². The summed E-state index contributed by atoms with van der Waals surface area (Å²) in [5.41, 5.74) is 0. The number of rotatable bonds is 8. The van der Waals surface area contributed by atoms with Gasteiger partial charge in [-0.25, -0.2) is 17.9 Å². The molecule has 0 saturated carbocycles. The Morgan fingerprint density at radius 2 is 2.17 bits per heavy atom. The van der Waals surface area contributed by atoms with Crippen molar-refractivity contribution in [1.29, 1.82) is 0 Å². The first-order chi connectivity index (χ1) is 8.47. The highest BCUT2D eigenvalue weighted by molar-refractivity contribution is 7.89. The lowest BCUT2D eigenvalue weighted by atomic mass is 10.4. The van der Waals surface area contributed by atoms with Crippen LogP contribution in [-0.2, 0) is 10.0 Å². The zero-order chi connectivity index (χ0) is 13.6. The first kappa shape index (κ1) is 15.1. The summed E-state index contributed by atoms with van der Waals surface area (Å²) in [7, 11) is -3.59. The van der Waals surface area contributed by atoms with Crippen molar-refractivity contribution in [1.82, 2.24) is 10.0 Å². The quantitative estimate of drug-likeness (QED) is 0.614. The van der Waals surface area contributed by atoms with Crippen LogP contribution in [0.5, 0.6) is 0 Å². The molecule has 0 fully saturated rings. The average Bonchev–Trinajstić information content (AvgIpc) is 2.78. The van der Waals surface area contributed by atoms with Gasteiger partial charge in [0.15, 0.2) is 0 Å². The minimum Gasteiger partial charge on any atom is -0.477 e. The Morgan fingerprint density at radius 3 is 2.72 bits per heavy atom. The fourth-order valence-corrected chi connectivity index (χ4v) is 3.44. The van der Waals surface area contributed by atoms with E-state index in [2.05, 4.69) is 10.0 Å². The number of carboxylic acids is 1. The van der Waals surface area contributed by atoms with Gasteiger partial charge in [0.05, 0.1) is 4.90 Å². The number of carboxylic acid groups (broad SMARTS) is 1. The molecule has 0 aliphatic heterocycles. The topological polar surface area (TPSA) is 95.5 Å².